The number of rotatable bonds is 6. The minimum atomic E-state index is 0.858. The summed E-state index contributed by atoms with van der Waals surface area (Å²) in [5.41, 5.74) is 0. The summed E-state index contributed by atoms with van der Waals surface area (Å²) < 4.78 is 0. The van der Waals surface area contributed by atoms with E-state index < -0.39 is 0 Å². The zero-order valence-corrected chi connectivity index (χ0v) is 11.3. The summed E-state index contributed by atoms with van der Waals surface area (Å²) in [4.78, 5) is 2.41. The van der Waals surface area contributed by atoms with Crippen molar-refractivity contribution >= 4 is 0 Å². The molecule has 0 aromatic carbocycles. The molecule has 0 aromatic rings. The lowest BCUT2D eigenvalue weighted by molar-refractivity contribution is 0.283. The molecular weight excluding hydrogens is 170 g/mol. The maximum Gasteiger partial charge on any atom is 0.000386 e. The molecule has 0 rings (SSSR count). The van der Waals surface area contributed by atoms with E-state index in [1.54, 1.807) is 0 Å². The van der Waals surface area contributed by atoms with Gasteiger partial charge in [-0.15, -0.1) is 0 Å². The van der Waals surface area contributed by atoms with Crippen LogP contribution in [-0.2, 0) is 0 Å². The molecule has 0 heterocycles. The minimum Gasteiger partial charge on any atom is -0.306 e. The molecule has 1 atom stereocenters. The van der Waals surface area contributed by atoms with Crippen LogP contribution in [0.3, 0.4) is 0 Å². The van der Waals surface area contributed by atoms with Gasteiger partial charge in [0.15, 0.2) is 0 Å². The summed E-state index contributed by atoms with van der Waals surface area (Å²) in [6, 6.07) is 0. The van der Waals surface area contributed by atoms with E-state index >= 15 is 0 Å². The average molecular weight is 201 g/mol. The molecule has 88 valence electrons. The lowest BCUT2D eigenvalue weighted by Gasteiger charge is -2.19. The molecule has 0 spiro atoms. The second-order valence-corrected chi connectivity index (χ2v) is 4.28. The predicted molar refractivity (Wildman–Crippen MR) is 67.8 cm³/mol. The topological polar surface area (TPSA) is 3.24 Å². The fraction of sp³-hybridized carbons (Fsp3) is 1.00. The molecule has 0 aromatic heterocycles. The molecule has 14 heavy (non-hydrogen) atoms. The van der Waals surface area contributed by atoms with Crippen molar-refractivity contribution in [3.63, 3.8) is 0 Å². The van der Waals surface area contributed by atoms with Crippen LogP contribution < -0.4 is 0 Å². The maximum atomic E-state index is 2.41. The average Bonchev–Trinajstić information content (AvgIpc) is 2.18. The number of nitrogens with zero attached hydrogens (tertiary/aromatic N) is 1. The van der Waals surface area contributed by atoms with Gasteiger partial charge in [-0.1, -0.05) is 53.9 Å². The summed E-state index contributed by atoms with van der Waals surface area (Å²) in [6.45, 7) is 13.7. The van der Waals surface area contributed by atoms with Crippen LogP contribution in [-0.4, -0.2) is 25.0 Å². The third-order valence-electron chi connectivity index (χ3n) is 2.43. The predicted octanol–water partition coefficient (Wildman–Crippen LogP) is 4.18. The van der Waals surface area contributed by atoms with Crippen LogP contribution >= 0.6 is 0 Å². The van der Waals surface area contributed by atoms with Crippen LogP contribution in [0.25, 0.3) is 0 Å². The van der Waals surface area contributed by atoms with E-state index in [9.17, 15) is 0 Å². The van der Waals surface area contributed by atoms with Gasteiger partial charge in [-0.2, -0.15) is 0 Å². The first-order valence-electron chi connectivity index (χ1n) is 6.30. The van der Waals surface area contributed by atoms with Gasteiger partial charge >= 0.3 is 0 Å². The van der Waals surface area contributed by atoms with Crippen molar-refractivity contribution in [1.82, 2.24) is 4.90 Å². The normalized spacial score (nSPS) is 12.2. The Morgan fingerprint density at radius 3 is 1.71 bits per heavy atom. The SMILES string of the molecule is CCCC.CCCN(C)CC(C)CC. The van der Waals surface area contributed by atoms with E-state index in [-0.39, 0.29) is 0 Å². The minimum absolute atomic E-state index is 0.858. The summed E-state index contributed by atoms with van der Waals surface area (Å²) in [5, 5.41) is 0. The first-order chi connectivity index (χ1) is 6.62. The Kier molecular flexibility index (Phi) is 15.2. The molecule has 1 nitrogen and oxygen atoms in total. The van der Waals surface area contributed by atoms with E-state index in [4.69, 9.17) is 0 Å². The molecule has 0 amide bonds. The van der Waals surface area contributed by atoms with Crippen molar-refractivity contribution in [2.45, 2.75) is 60.3 Å². The van der Waals surface area contributed by atoms with Crippen LogP contribution in [0.4, 0.5) is 0 Å². The Hall–Kier alpha value is -0.0400. The van der Waals surface area contributed by atoms with Crippen molar-refractivity contribution < 1.29 is 0 Å². The van der Waals surface area contributed by atoms with Gasteiger partial charge in [0.1, 0.15) is 0 Å². The highest BCUT2D eigenvalue weighted by atomic mass is 15.1. The standard InChI is InChI=1S/C9H21N.C4H10/c1-5-7-10(4)8-9(3)6-2;1-3-4-2/h9H,5-8H2,1-4H3;3-4H2,1-2H3. The van der Waals surface area contributed by atoms with E-state index in [1.165, 1.54) is 38.8 Å². The monoisotopic (exact) mass is 201 g/mol. The number of unbranched alkanes of at least 4 members (excludes halogenated alkanes) is 1. The molecule has 0 fully saturated rings. The zero-order chi connectivity index (χ0) is 11.4. The third-order valence-corrected chi connectivity index (χ3v) is 2.43. The van der Waals surface area contributed by atoms with Gasteiger partial charge < -0.3 is 4.90 Å². The van der Waals surface area contributed by atoms with Crippen LogP contribution in [0, 0.1) is 5.92 Å². The fourth-order valence-corrected chi connectivity index (χ4v) is 1.13. The van der Waals surface area contributed by atoms with Crippen molar-refractivity contribution in [1.29, 1.82) is 0 Å². The second-order valence-electron chi connectivity index (χ2n) is 4.28. The molecule has 0 bridgehead atoms. The number of hydrogen-bond acceptors (Lipinski definition) is 1. The first kappa shape index (κ1) is 16.4. The van der Waals surface area contributed by atoms with Gasteiger partial charge in [0.2, 0.25) is 0 Å². The highest BCUT2D eigenvalue weighted by Crippen LogP contribution is 2.02. The number of hydrogen-bond donors (Lipinski definition) is 0. The molecule has 0 radical (unpaired) electrons. The molecule has 0 saturated heterocycles. The Balaban J connectivity index is 0. The molecule has 0 aliphatic rings. The van der Waals surface area contributed by atoms with Gasteiger partial charge in [0.25, 0.3) is 0 Å². The molecule has 1 heteroatoms. The first-order valence-corrected chi connectivity index (χ1v) is 6.30. The molecule has 0 aliphatic heterocycles. The summed E-state index contributed by atoms with van der Waals surface area (Å²) in [5.74, 6) is 0.858. The van der Waals surface area contributed by atoms with E-state index in [0.29, 0.717) is 0 Å². The molecule has 0 N–H and O–H groups in total. The van der Waals surface area contributed by atoms with E-state index in [2.05, 4.69) is 46.6 Å². The molecular formula is C13H31N. The van der Waals surface area contributed by atoms with Gasteiger partial charge in [-0.25, -0.2) is 0 Å². The Morgan fingerprint density at radius 2 is 1.43 bits per heavy atom. The van der Waals surface area contributed by atoms with Gasteiger partial charge in [-0.3, -0.25) is 0 Å². The zero-order valence-electron chi connectivity index (χ0n) is 11.3. The van der Waals surface area contributed by atoms with Crippen LogP contribution in [0.5, 0.6) is 0 Å². The largest absolute Gasteiger partial charge is 0.306 e. The quantitative estimate of drug-likeness (QED) is 0.623. The summed E-state index contributed by atoms with van der Waals surface area (Å²) in [6.07, 6.45) is 5.21. The molecule has 1 unspecified atom stereocenters. The third kappa shape index (κ3) is 14.5. The van der Waals surface area contributed by atoms with Gasteiger partial charge in [-0.05, 0) is 25.9 Å². The highest BCUT2D eigenvalue weighted by molar-refractivity contribution is 4.55. The lowest BCUT2D eigenvalue weighted by atomic mass is 10.1. The van der Waals surface area contributed by atoms with Crippen LogP contribution in [0.1, 0.15) is 60.3 Å². The van der Waals surface area contributed by atoms with E-state index in [1.807, 2.05) is 0 Å². The summed E-state index contributed by atoms with van der Waals surface area (Å²) in [7, 11) is 2.20. The maximum absolute atomic E-state index is 2.41. The Labute approximate surface area is 91.9 Å². The second kappa shape index (κ2) is 13.0. The Bertz CT molecular complexity index is 89.2. The highest BCUT2D eigenvalue weighted by Gasteiger charge is 2.01. The van der Waals surface area contributed by atoms with Gasteiger partial charge in [0.05, 0.1) is 0 Å². The van der Waals surface area contributed by atoms with Crippen molar-refractivity contribution in [3.8, 4) is 0 Å². The smallest absolute Gasteiger partial charge is 0.000386 e. The van der Waals surface area contributed by atoms with E-state index in [0.717, 1.165) is 5.92 Å². The Morgan fingerprint density at radius 1 is 0.929 bits per heavy atom. The molecule has 0 saturated carbocycles. The van der Waals surface area contributed by atoms with Crippen molar-refractivity contribution in [3.05, 3.63) is 0 Å². The summed E-state index contributed by atoms with van der Waals surface area (Å²) >= 11 is 0. The van der Waals surface area contributed by atoms with Crippen molar-refractivity contribution in [2.75, 3.05) is 20.1 Å². The fourth-order valence-electron chi connectivity index (χ4n) is 1.13. The van der Waals surface area contributed by atoms with Gasteiger partial charge in [0, 0.05) is 6.54 Å². The van der Waals surface area contributed by atoms with Crippen molar-refractivity contribution in [2.24, 2.45) is 5.92 Å². The lowest BCUT2D eigenvalue weighted by Crippen LogP contribution is -2.24. The molecule has 0 aliphatic carbocycles. The van der Waals surface area contributed by atoms with Crippen LogP contribution in [0.15, 0.2) is 0 Å². The van der Waals surface area contributed by atoms with Crippen LogP contribution in [0.2, 0.25) is 0 Å².